The van der Waals surface area contributed by atoms with Gasteiger partial charge in [0.1, 0.15) is 5.76 Å². The second kappa shape index (κ2) is 4.65. The number of carboxylic acids is 1. The largest absolute Gasteiger partial charge is 0.481 e. The monoisotopic (exact) mass is 255 g/mol. The van der Waals surface area contributed by atoms with Crippen LogP contribution in [0, 0.1) is 0 Å². The number of aliphatic carboxylic acids is 1. The number of H-pyrrole nitrogens is 1. The lowest BCUT2D eigenvalue weighted by Crippen LogP contribution is -1.98. The van der Waals surface area contributed by atoms with Gasteiger partial charge in [-0.05, 0) is 24.6 Å². The Morgan fingerprint density at radius 1 is 1.21 bits per heavy atom. The van der Waals surface area contributed by atoms with Crippen molar-refractivity contribution in [1.82, 2.24) is 4.98 Å². The number of benzene rings is 1. The molecule has 0 radical (unpaired) electrons. The van der Waals surface area contributed by atoms with Crippen LogP contribution in [0.5, 0.6) is 0 Å². The quantitative estimate of drug-likeness (QED) is 0.750. The molecule has 0 saturated carbocycles. The highest BCUT2D eigenvalue weighted by atomic mass is 16.4. The number of furan rings is 1. The van der Waals surface area contributed by atoms with Crippen LogP contribution in [-0.4, -0.2) is 16.1 Å². The lowest BCUT2D eigenvalue weighted by atomic mass is 10.1. The molecule has 0 amide bonds. The molecule has 0 aliphatic rings. The third kappa shape index (κ3) is 2.12. The van der Waals surface area contributed by atoms with E-state index in [0.29, 0.717) is 6.42 Å². The average molecular weight is 255 g/mol. The van der Waals surface area contributed by atoms with Gasteiger partial charge in [-0.15, -0.1) is 0 Å². The Morgan fingerprint density at radius 2 is 2.05 bits per heavy atom. The zero-order chi connectivity index (χ0) is 13.2. The molecule has 0 saturated heterocycles. The van der Waals surface area contributed by atoms with Gasteiger partial charge in [0.15, 0.2) is 0 Å². The van der Waals surface area contributed by atoms with Gasteiger partial charge in [0, 0.05) is 22.2 Å². The van der Waals surface area contributed by atoms with E-state index in [4.69, 9.17) is 9.52 Å². The molecular formula is C15H13NO3. The van der Waals surface area contributed by atoms with Gasteiger partial charge in [0.2, 0.25) is 0 Å². The van der Waals surface area contributed by atoms with E-state index in [1.807, 2.05) is 36.4 Å². The molecule has 0 spiro atoms. The fourth-order valence-electron chi connectivity index (χ4n) is 2.32. The summed E-state index contributed by atoms with van der Waals surface area (Å²) in [5, 5.41) is 9.89. The maximum Gasteiger partial charge on any atom is 0.303 e. The normalized spacial score (nSPS) is 10.9. The summed E-state index contributed by atoms with van der Waals surface area (Å²) in [5.74, 6) is -0.0399. The van der Waals surface area contributed by atoms with Gasteiger partial charge >= 0.3 is 5.97 Å². The van der Waals surface area contributed by atoms with E-state index in [-0.39, 0.29) is 6.42 Å². The summed E-state index contributed by atoms with van der Waals surface area (Å²) in [5.41, 5.74) is 2.86. The third-order valence-corrected chi connectivity index (χ3v) is 3.14. The molecule has 0 aliphatic heterocycles. The molecule has 3 aromatic rings. The third-order valence-electron chi connectivity index (χ3n) is 3.14. The van der Waals surface area contributed by atoms with Gasteiger partial charge in [0.25, 0.3) is 0 Å². The molecule has 2 aromatic heterocycles. The number of hydrogen-bond acceptors (Lipinski definition) is 2. The number of carboxylic acid groups (broad SMARTS) is 1. The Bertz CT molecular complexity index is 710. The number of aromatic amines is 1. The Labute approximate surface area is 109 Å². The molecule has 0 aliphatic carbocycles. The Hall–Kier alpha value is -2.49. The van der Waals surface area contributed by atoms with Crippen LogP contribution in [0.15, 0.2) is 47.1 Å². The predicted octanol–water partition coefficient (Wildman–Crippen LogP) is 3.45. The van der Waals surface area contributed by atoms with Crippen LogP contribution in [0.25, 0.3) is 22.2 Å². The Morgan fingerprint density at radius 3 is 2.79 bits per heavy atom. The molecule has 0 unspecified atom stereocenters. The smallest absolute Gasteiger partial charge is 0.303 e. The van der Waals surface area contributed by atoms with Crippen molar-refractivity contribution >= 4 is 16.9 Å². The van der Waals surface area contributed by atoms with E-state index in [1.54, 1.807) is 6.26 Å². The molecule has 4 nitrogen and oxygen atoms in total. The van der Waals surface area contributed by atoms with Gasteiger partial charge in [-0.1, -0.05) is 18.2 Å². The molecule has 0 bridgehead atoms. The van der Waals surface area contributed by atoms with Crippen molar-refractivity contribution < 1.29 is 14.3 Å². The summed E-state index contributed by atoms with van der Waals surface area (Å²) < 4.78 is 5.47. The zero-order valence-corrected chi connectivity index (χ0v) is 10.2. The second-order valence-electron chi connectivity index (χ2n) is 4.40. The number of aryl methyl sites for hydroxylation is 1. The van der Waals surface area contributed by atoms with Crippen molar-refractivity contribution in [2.24, 2.45) is 0 Å². The van der Waals surface area contributed by atoms with Crippen LogP contribution >= 0.6 is 0 Å². The number of fused-ring (bicyclic) bond motifs is 1. The number of nitrogens with one attached hydrogen (secondary N) is 1. The second-order valence-corrected chi connectivity index (χ2v) is 4.40. The maximum atomic E-state index is 10.7. The van der Waals surface area contributed by atoms with E-state index in [2.05, 4.69) is 4.98 Å². The fourth-order valence-corrected chi connectivity index (χ4v) is 2.32. The van der Waals surface area contributed by atoms with E-state index in [9.17, 15) is 4.79 Å². The highest BCUT2D eigenvalue weighted by Crippen LogP contribution is 2.33. The molecule has 1 aromatic carbocycles. The van der Waals surface area contributed by atoms with E-state index < -0.39 is 5.97 Å². The van der Waals surface area contributed by atoms with Crippen molar-refractivity contribution in [2.45, 2.75) is 12.8 Å². The van der Waals surface area contributed by atoms with Gasteiger partial charge < -0.3 is 14.5 Å². The minimum absolute atomic E-state index is 0.0977. The first-order valence-corrected chi connectivity index (χ1v) is 6.11. The SMILES string of the molecule is O=C(O)CCc1[nH]c2ccccc2c1-c1ccco1. The molecule has 19 heavy (non-hydrogen) atoms. The number of aromatic nitrogens is 1. The van der Waals surface area contributed by atoms with Gasteiger partial charge in [-0.2, -0.15) is 0 Å². The average Bonchev–Trinajstić information content (AvgIpc) is 3.02. The van der Waals surface area contributed by atoms with E-state index in [0.717, 1.165) is 27.9 Å². The molecule has 3 rings (SSSR count). The van der Waals surface area contributed by atoms with Gasteiger partial charge in [0.05, 0.1) is 12.7 Å². The van der Waals surface area contributed by atoms with E-state index >= 15 is 0 Å². The van der Waals surface area contributed by atoms with Crippen LogP contribution in [0.2, 0.25) is 0 Å². The van der Waals surface area contributed by atoms with Crippen LogP contribution in [0.3, 0.4) is 0 Å². The highest BCUT2D eigenvalue weighted by molar-refractivity contribution is 5.96. The number of rotatable bonds is 4. The first-order chi connectivity index (χ1) is 9.25. The van der Waals surface area contributed by atoms with Crippen LogP contribution in [0.4, 0.5) is 0 Å². The Balaban J connectivity index is 2.14. The van der Waals surface area contributed by atoms with Crippen molar-refractivity contribution in [3.8, 4) is 11.3 Å². The van der Waals surface area contributed by atoms with Crippen molar-refractivity contribution in [3.63, 3.8) is 0 Å². The molecule has 0 fully saturated rings. The lowest BCUT2D eigenvalue weighted by Gasteiger charge is -2.00. The maximum absolute atomic E-state index is 10.7. The predicted molar refractivity (Wildman–Crippen MR) is 72.0 cm³/mol. The molecule has 96 valence electrons. The minimum atomic E-state index is -0.802. The summed E-state index contributed by atoms with van der Waals surface area (Å²) in [7, 11) is 0. The summed E-state index contributed by atoms with van der Waals surface area (Å²) in [6, 6.07) is 11.6. The van der Waals surface area contributed by atoms with Crippen molar-refractivity contribution in [2.75, 3.05) is 0 Å². The van der Waals surface area contributed by atoms with Crippen molar-refractivity contribution in [3.05, 3.63) is 48.4 Å². The highest BCUT2D eigenvalue weighted by Gasteiger charge is 2.15. The van der Waals surface area contributed by atoms with Crippen LogP contribution < -0.4 is 0 Å². The van der Waals surface area contributed by atoms with Crippen LogP contribution in [0.1, 0.15) is 12.1 Å². The van der Waals surface area contributed by atoms with E-state index in [1.165, 1.54) is 0 Å². The van der Waals surface area contributed by atoms with Crippen molar-refractivity contribution in [1.29, 1.82) is 0 Å². The first kappa shape index (κ1) is 11.6. The summed E-state index contributed by atoms with van der Waals surface area (Å²) in [4.78, 5) is 14.0. The molecule has 0 atom stereocenters. The topological polar surface area (TPSA) is 66.2 Å². The molecular weight excluding hydrogens is 242 g/mol. The minimum Gasteiger partial charge on any atom is -0.481 e. The summed E-state index contributed by atoms with van der Waals surface area (Å²) in [6.45, 7) is 0. The number of carbonyl (C=O) groups is 1. The lowest BCUT2D eigenvalue weighted by molar-refractivity contribution is -0.136. The fraction of sp³-hybridized carbons (Fsp3) is 0.133. The molecule has 2 N–H and O–H groups in total. The zero-order valence-electron chi connectivity index (χ0n) is 10.2. The van der Waals surface area contributed by atoms with Crippen LogP contribution in [-0.2, 0) is 11.2 Å². The summed E-state index contributed by atoms with van der Waals surface area (Å²) in [6.07, 6.45) is 2.18. The Kier molecular flexibility index (Phi) is 2.83. The van der Waals surface area contributed by atoms with Gasteiger partial charge in [-0.3, -0.25) is 4.79 Å². The molecule has 4 heteroatoms. The van der Waals surface area contributed by atoms with Gasteiger partial charge in [-0.25, -0.2) is 0 Å². The number of hydrogen-bond donors (Lipinski definition) is 2. The summed E-state index contributed by atoms with van der Waals surface area (Å²) >= 11 is 0. The molecule has 2 heterocycles. The standard InChI is InChI=1S/C15H13NO3/c17-14(18)8-7-12-15(13-6-3-9-19-13)10-4-1-2-5-11(10)16-12/h1-6,9,16H,7-8H2,(H,17,18). The number of para-hydroxylation sites is 1. The first-order valence-electron chi connectivity index (χ1n) is 6.11.